The van der Waals surface area contributed by atoms with Crippen molar-refractivity contribution in [2.45, 2.75) is 58.5 Å². The van der Waals surface area contributed by atoms with Gasteiger partial charge >= 0.3 is 0 Å². The van der Waals surface area contributed by atoms with E-state index in [9.17, 15) is 0 Å². The molecule has 1 saturated carbocycles. The van der Waals surface area contributed by atoms with Gasteiger partial charge < -0.3 is 10.2 Å². The highest BCUT2D eigenvalue weighted by atomic mass is 15.1. The van der Waals surface area contributed by atoms with Gasteiger partial charge in [-0.25, -0.2) is 0 Å². The van der Waals surface area contributed by atoms with Gasteiger partial charge in [0.25, 0.3) is 0 Å². The summed E-state index contributed by atoms with van der Waals surface area (Å²) in [5.74, 6) is 1.60. The number of nitrogens with zero attached hydrogens (tertiary/aromatic N) is 1. The van der Waals surface area contributed by atoms with Gasteiger partial charge in [0.15, 0.2) is 0 Å². The van der Waals surface area contributed by atoms with E-state index >= 15 is 0 Å². The Morgan fingerprint density at radius 3 is 2.38 bits per heavy atom. The monoisotopic (exact) mass is 226 g/mol. The van der Waals surface area contributed by atoms with Crippen LogP contribution in [0.25, 0.3) is 0 Å². The molecule has 1 aliphatic rings. The Morgan fingerprint density at radius 2 is 1.81 bits per heavy atom. The number of hydrogen-bond acceptors (Lipinski definition) is 2. The predicted octanol–water partition coefficient (Wildman–Crippen LogP) is 2.74. The second-order valence-electron chi connectivity index (χ2n) is 5.86. The fraction of sp³-hybridized carbons (Fsp3) is 1.00. The third-order valence-corrected chi connectivity index (χ3v) is 4.46. The van der Waals surface area contributed by atoms with E-state index in [0.717, 1.165) is 17.9 Å². The van der Waals surface area contributed by atoms with Gasteiger partial charge in [-0.2, -0.15) is 0 Å². The maximum absolute atomic E-state index is 3.50. The van der Waals surface area contributed by atoms with Crippen LogP contribution in [0.2, 0.25) is 0 Å². The van der Waals surface area contributed by atoms with Gasteiger partial charge in [0.1, 0.15) is 0 Å². The van der Waals surface area contributed by atoms with Gasteiger partial charge in [0.05, 0.1) is 0 Å². The molecule has 0 aromatic rings. The van der Waals surface area contributed by atoms with Gasteiger partial charge in [-0.15, -0.1) is 0 Å². The minimum absolute atomic E-state index is 0.694. The molecule has 0 saturated heterocycles. The van der Waals surface area contributed by atoms with Crippen molar-refractivity contribution in [2.75, 3.05) is 20.6 Å². The molecule has 0 aliphatic heterocycles. The molecule has 0 radical (unpaired) electrons. The fourth-order valence-corrected chi connectivity index (χ4v) is 2.85. The number of hydrogen-bond donors (Lipinski definition) is 1. The molecule has 0 aromatic heterocycles. The van der Waals surface area contributed by atoms with Gasteiger partial charge in [0, 0.05) is 18.6 Å². The normalized spacial score (nSPS) is 28.7. The third kappa shape index (κ3) is 3.74. The predicted molar refractivity (Wildman–Crippen MR) is 71.7 cm³/mol. The van der Waals surface area contributed by atoms with Crippen LogP contribution in [0.1, 0.15) is 46.5 Å². The lowest BCUT2D eigenvalue weighted by atomic mass is 9.84. The summed E-state index contributed by atoms with van der Waals surface area (Å²) in [5, 5.41) is 3.50. The summed E-state index contributed by atoms with van der Waals surface area (Å²) in [6.07, 6.45) is 5.60. The summed E-state index contributed by atoms with van der Waals surface area (Å²) < 4.78 is 0. The van der Waals surface area contributed by atoms with E-state index < -0.39 is 0 Å². The molecule has 2 heteroatoms. The average Bonchev–Trinajstić information content (AvgIpc) is 2.28. The molecular weight excluding hydrogens is 196 g/mol. The molecule has 1 aliphatic carbocycles. The molecule has 2 nitrogen and oxygen atoms in total. The SMILES string of the molecule is CNC1CCCCC1CN(C)C(C)C(C)C. The van der Waals surface area contributed by atoms with Crippen LogP contribution < -0.4 is 5.32 Å². The molecule has 0 bridgehead atoms. The van der Waals surface area contributed by atoms with Crippen molar-refractivity contribution < 1.29 is 0 Å². The molecule has 3 unspecified atom stereocenters. The highest BCUT2D eigenvalue weighted by molar-refractivity contribution is 4.83. The second-order valence-corrected chi connectivity index (χ2v) is 5.86. The van der Waals surface area contributed by atoms with Crippen LogP contribution in [0.4, 0.5) is 0 Å². The molecule has 96 valence electrons. The minimum atomic E-state index is 0.694. The third-order valence-electron chi connectivity index (χ3n) is 4.46. The van der Waals surface area contributed by atoms with E-state index in [4.69, 9.17) is 0 Å². The van der Waals surface area contributed by atoms with Crippen molar-refractivity contribution in [3.05, 3.63) is 0 Å². The lowest BCUT2D eigenvalue weighted by molar-refractivity contribution is 0.141. The lowest BCUT2D eigenvalue weighted by Gasteiger charge is -2.37. The zero-order valence-electron chi connectivity index (χ0n) is 11.8. The largest absolute Gasteiger partial charge is 0.317 e. The van der Waals surface area contributed by atoms with Crippen molar-refractivity contribution >= 4 is 0 Å². The Morgan fingerprint density at radius 1 is 1.19 bits per heavy atom. The van der Waals surface area contributed by atoms with Gasteiger partial charge in [0.2, 0.25) is 0 Å². The smallest absolute Gasteiger partial charge is 0.0104 e. The molecule has 0 amide bonds. The highest BCUT2D eigenvalue weighted by Crippen LogP contribution is 2.25. The van der Waals surface area contributed by atoms with Crippen molar-refractivity contribution in [1.82, 2.24) is 10.2 Å². The van der Waals surface area contributed by atoms with Crippen molar-refractivity contribution in [3.63, 3.8) is 0 Å². The summed E-state index contributed by atoms with van der Waals surface area (Å²) in [5.41, 5.74) is 0. The fourth-order valence-electron chi connectivity index (χ4n) is 2.85. The Kier molecular flexibility index (Phi) is 5.77. The summed E-state index contributed by atoms with van der Waals surface area (Å²) in [6.45, 7) is 8.24. The summed E-state index contributed by atoms with van der Waals surface area (Å²) in [7, 11) is 4.40. The number of nitrogens with one attached hydrogen (secondary N) is 1. The Bertz CT molecular complexity index is 191. The van der Waals surface area contributed by atoms with Crippen LogP contribution in [0, 0.1) is 11.8 Å². The highest BCUT2D eigenvalue weighted by Gasteiger charge is 2.26. The molecule has 16 heavy (non-hydrogen) atoms. The van der Waals surface area contributed by atoms with Gasteiger partial charge in [-0.05, 0) is 45.7 Å². The van der Waals surface area contributed by atoms with Crippen LogP contribution in [-0.4, -0.2) is 37.6 Å². The number of rotatable bonds is 5. The van der Waals surface area contributed by atoms with Crippen LogP contribution in [0.15, 0.2) is 0 Å². The topological polar surface area (TPSA) is 15.3 Å². The molecule has 1 N–H and O–H groups in total. The molecule has 1 fully saturated rings. The Labute approximate surface area is 102 Å². The van der Waals surface area contributed by atoms with E-state index in [2.05, 4.69) is 45.1 Å². The summed E-state index contributed by atoms with van der Waals surface area (Å²) >= 11 is 0. The summed E-state index contributed by atoms with van der Waals surface area (Å²) in [4.78, 5) is 2.55. The zero-order chi connectivity index (χ0) is 12.1. The first-order chi connectivity index (χ1) is 7.56. The van der Waals surface area contributed by atoms with E-state index in [1.165, 1.54) is 32.2 Å². The van der Waals surface area contributed by atoms with Crippen molar-refractivity contribution in [1.29, 1.82) is 0 Å². The molecular formula is C14H30N2. The second kappa shape index (κ2) is 6.61. The van der Waals surface area contributed by atoms with Crippen LogP contribution in [0.3, 0.4) is 0 Å². The maximum Gasteiger partial charge on any atom is 0.0104 e. The van der Waals surface area contributed by atoms with E-state index in [1.54, 1.807) is 0 Å². The molecule has 3 atom stereocenters. The average molecular weight is 226 g/mol. The lowest BCUT2D eigenvalue weighted by Crippen LogP contribution is -2.45. The van der Waals surface area contributed by atoms with Crippen molar-refractivity contribution in [3.8, 4) is 0 Å². The maximum atomic E-state index is 3.50. The molecule has 0 heterocycles. The quantitative estimate of drug-likeness (QED) is 0.775. The Balaban J connectivity index is 2.44. The van der Waals surface area contributed by atoms with E-state index in [1.807, 2.05) is 0 Å². The van der Waals surface area contributed by atoms with E-state index in [-0.39, 0.29) is 0 Å². The first-order valence-corrected chi connectivity index (χ1v) is 6.93. The molecule has 0 spiro atoms. The van der Waals surface area contributed by atoms with Crippen molar-refractivity contribution in [2.24, 2.45) is 11.8 Å². The zero-order valence-corrected chi connectivity index (χ0v) is 11.8. The molecule has 0 aromatic carbocycles. The van der Waals surface area contributed by atoms with Gasteiger partial charge in [-0.1, -0.05) is 26.7 Å². The first kappa shape index (κ1) is 14.0. The van der Waals surface area contributed by atoms with Gasteiger partial charge in [-0.3, -0.25) is 0 Å². The van der Waals surface area contributed by atoms with Crippen LogP contribution in [-0.2, 0) is 0 Å². The van der Waals surface area contributed by atoms with Crippen LogP contribution >= 0.6 is 0 Å². The minimum Gasteiger partial charge on any atom is -0.317 e. The first-order valence-electron chi connectivity index (χ1n) is 6.93. The molecule has 1 rings (SSSR count). The Hall–Kier alpha value is -0.0800. The van der Waals surface area contributed by atoms with E-state index in [0.29, 0.717) is 6.04 Å². The van der Waals surface area contributed by atoms with Crippen LogP contribution in [0.5, 0.6) is 0 Å². The summed E-state index contributed by atoms with van der Waals surface area (Å²) in [6, 6.07) is 1.44. The standard InChI is InChI=1S/C14H30N2/c1-11(2)12(3)16(5)10-13-8-6-7-9-14(13)15-4/h11-15H,6-10H2,1-5H3.